The van der Waals surface area contributed by atoms with Crippen molar-refractivity contribution in [1.29, 1.82) is 0 Å². The van der Waals surface area contributed by atoms with Crippen LogP contribution in [0.2, 0.25) is 0 Å². The Bertz CT molecular complexity index is 646. The van der Waals surface area contributed by atoms with E-state index in [-0.39, 0.29) is 12.8 Å². The molecule has 0 saturated carbocycles. The number of aliphatic carboxylic acids is 1. The van der Waals surface area contributed by atoms with Crippen molar-refractivity contribution in [2.45, 2.75) is 109 Å². The number of rotatable bonds is 23. The third kappa shape index (κ3) is 20.4. The van der Waals surface area contributed by atoms with Crippen molar-refractivity contribution in [1.82, 2.24) is 5.32 Å². The van der Waals surface area contributed by atoms with Gasteiger partial charge in [-0.2, -0.15) is 0 Å². The van der Waals surface area contributed by atoms with Gasteiger partial charge in [-0.1, -0.05) is 71.6 Å². The van der Waals surface area contributed by atoms with E-state index in [1.807, 2.05) is 0 Å². The molecule has 1 amide bonds. The molecule has 0 aromatic heterocycles. The van der Waals surface area contributed by atoms with E-state index >= 15 is 0 Å². The molecule has 0 aromatic carbocycles. The summed E-state index contributed by atoms with van der Waals surface area (Å²) in [5.74, 6) is -2.40. The Morgan fingerprint density at radius 1 is 0.800 bits per heavy atom. The molecule has 206 valence electrons. The average Bonchev–Trinajstić information content (AvgIpc) is 2.81. The van der Waals surface area contributed by atoms with Gasteiger partial charge in [0.15, 0.2) is 6.04 Å². The fraction of sp³-hybridized carbons (Fsp3) is 0.870. The Hall–Kier alpha value is -1.52. The molecule has 0 radical (unpaired) electrons. The van der Waals surface area contributed by atoms with Crippen molar-refractivity contribution >= 4 is 25.7 Å². The summed E-state index contributed by atoms with van der Waals surface area (Å²) in [7, 11) is -4.71. The summed E-state index contributed by atoms with van der Waals surface area (Å²) in [6.45, 7) is 2.31. The van der Waals surface area contributed by atoms with Crippen LogP contribution in [-0.4, -0.2) is 64.9 Å². The molecule has 0 aromatic rings. The third-order valence-electron chi connectivity index (χ3n) is 5.15. The first kappa shape index (κ1) is 33.5. The van der Waals surface area contributed by atoms with Crippen LogP contribution >= 0.6 is 7.82 Å². The van der Waals surface area contributed by atoms with E-state index in [0.29, 0.717) is 12.8 Å². The number of esters is 1. The predicted molar refractivity (Wildman–Crippen MR) is 130 cm³/mol. The molecular formula is C23H44NO10P. The molecule has 0 aliphatic heterocycles. The molecule has 0 saturated heterocycles. The number of unbranched alkanes of at least 4 members (excludes halogenated alkanes) is 9. The van der Waals surface area contributed by atoms with Gasteiger partial charge >= 0.3 is 19.8 Å². The van der Waals surface area contributed by atoms with Gasteiger partial charge in [-0.25, -0.2) is 9.36 Å². The lowest BCUT2D eigenvalue weighted by Crippen LogP contribution is -2.43. The first-order valence-electron chi connectivity index (χ1n) is 12.6. The molecule has 0 bridgehead atoms. The first-order chi connectivity index (χ1) is 16.6. The fourth-order valence-corrected chi connectivity index (χ4v) is 3.85. The molecule has 0 fully saturated rings. The number of phosphoric acid groups is 1. The van der Waals surface area contributed by atoms with Crippen molar-refractivity contribution in [2.24, 2.45) is 0 Å². The van der Waals surface area contributed by atoms with E-state index in [9.17, 15) is 34.1 Å². The molecule has 0 aliphatic carbocycles. The van der Waals surface area contributed by atoms with Gasteiger partial charge in [0.1, 0.15) is 12.7 Å². The molecular weight excluding hydrogens is 481 g/mol. The number of amides is 1. The normalized spacial score (nSPS) is 14.6. The second-order valence-electron chi connectivity index (χ2n) is 8.54. The number of phosphoric ester groups is 1. The minimum atomic E-state index is -4.71. The maximum absolute atomic E-state index is 12.0. The molecule has 11 nitrogen and oxygen atoms in total. The van der Waals surface area contributed by atoms with Crippen molar-refractivity contribution in [2.75, 3.05) is 19.8 Å². The average molecular weight is 526 g/mol. The summed E-state index contributed by atoms with van der Waals surface area (Å²) in [6, 6.07) is -1.53. The lowest BCUT2D eigenvalue weighted by molar-refractivity contribution is -0.147. The van der Waals surface area contributed by atoms with E-state index in [4.69, 9.17) is 4.74 Å². The number of carbonyl (C=O) groups excluding carboxylic acids is 2. The Morgan fingerprint density at radius 3 is 1.89 bits per heavy atom. The summed E-state index contributed by atoms with van der Waals surface area (Å²) in [4.78, 5) is 44.6. The highest BCUT2D eigenvalue weighted by atomic mass is 31.2. The Morgan fingerprint density at radius 2 is 1.31 bits per heavy atom. The highest BCUT2D eigenvalue weighted by Gasteiger charge is 2.28. The van der Waals surface area contributed by atoms with E-state index < -0.39 is 57.6 Å². The summed E-state index contributed by atoms with van der Waals surface area (Å²) in [6.07, 6.45) is 9.69. The van der Waals surface area contributed by atoms with Gasteiger partial charge < -0.3 is 25.2 Å². The minimum absolute atomic E-state index is 0.143. The van der Waals surface area contributed by atoms with Gasteiger partial charge in [0.25, 0.3) is 0 Å². The number of carbonyl (C=O) groups is 3. The van der Waals surface area contributed by atoms with Crippen molar-refractivity contribution < 1.29 is 47.8 Å². The predicted octanol–water partition coefficient (Wildman–Crippen LogP) is 3.70. The minimum Gasteiger partial charge on any atom is -0.480 e. The van der Waals surface area contributed by atoms with E-state index in [0.717, 1.165) is 51.4 Å². The van der Waals surface area contributed by atoms with Crippen molar-refractivity contribution in [3.05, 3.63) is 0 Å². The summed E-state index contributed by atoms with van der Waals surface area (Å²) >= 11 is 0. The lowest BCUT2D eigenvalue weighted by atomic mass is 10.1. The SMILES string of the molecule is CCCCCCCCC(=O)OCC(O)COP(=O)(O)OCC(NC(=O)CCCCCCC)C(=O)O. The van der Waals surface area contributed by atoms with Crippen LogP contribution in [0.15, 0.2) is 0 Å². The molecule has 3 atom stereocenters. The van der Waals surface area contributed by atoms with Crippen LogP contribution in [0.3, 0.4) is 0 Å². The van der Waals surface area contributed by atoms with Gasteiger partial charge in [0.05, 0.1) is 13.2 Å². The molecule has 12 heteroatoms. The van der Waals surface area contributed by atoms with Crippen LogP contribution in [0.4, 0.5) is 0 Å². The number of aliphatic hydroxyl groups is 1. The highest BCUT2D eigenvalue weighted by Crippen LogP contribution is 2.43. The van der Waals surface area contributed by atoms with E-state index in [1.54, 1.807) is 0 Å². The molecule has 35 heavy (non-hydrogen) atoms. The number of ether oxygens (including phenoxy) is 1. The quantitative estimate of drug-likeness (QED) is 0.0876. The first-order valence-corrected chi connectivity index (χ1v) is 14.1. The number of carboxylic acids is 1. The zero-order chi connectivity index (χ0) is 26.5. The number of hydrogen-bond donors (Lipinski definition) is 4. The number of aliphatic hydroxyl groups excluding tert-OH is 1. The Kier molecular flexibility index (Phi) is 19.8. The van der Waals surface area contributed by atoms with Crippen LogP contribution < -0.4 is 5.32 Å². The summed E-state index contributed by atoms with van der Waals surface area (Å²) in [5, 5.41) is 21.3. The van der Waals surface area contributed by atoms with Gasteiger partial charge in [-0.15, -0.1) is 0 Å². The standard InChI is InChI=1S/C23H44NO10P/c1-3-5-7-9-11-13-15-22(27)32-16-19(25)17-33-35(30,31)34-18-20(23(28)29)24-21(26)14-12-10-8-6-4-2/h19-20,25H,3-18H2,1-2H3,(H,24,26)(H,28,29)(H,30,31). The smallest absolute Gasteiger partial charge is 0.472 e. The number of nitrogens with one attached hydrogen (secondary N) is 1. The molecule has 0 aliphatic rings. The molecule has 0 heterocycles. The number of hydrogen-bond acceptors (Lipinski definition) is 8. The van der Waals surface area contributed by atoms with E-state index in [1.165, 1.54) is 6.42 Å². The van der Waals surface area contributed by atoms with Crippen LogP contribution in [0.25, 0.3) is 0 Å². The zero-order valence-electron chi connectivity index (χ0n) is 21.1. The van der Waals surface area contributed by atoms with Gasteiger partial charge in [-0.05, 0) is 12.8 Å². The second-order valence-corrected chi connectivity index (χ2v) is 9.99. The number of carboxylic acid groups (broad SMARTS) is 1. The molecule has 3 unspecified atom stereocenters. The maximum Gasteiger partial charge on any atom is 0.472 e. The Labute approximate surface area is 208 Å². The maximum atomic E-state index is 12.0. The van der Waals surface area contributed by atoms with Crippen LogP contribution in [0.1, 0.15) is 97.3 Å². The zero-order valence-corrected chi connectivity index (χ0v) is 22.0. The summed E-state index contributed by atoms with van der Waals surface area (Å²) < 4.78 is 26.2. The van der Waals surface area contributed by atoms with Gasteiger partial charge in [-0.3, -0.25) is 18.6 Å². The lowest BCUT2D eigenvalue weighted by Gasteiger charge is -2.18. The topological polar surface area (TPSA) is 169 Å². The second kappa shape index (κ2) is 20.7. The van der Waals surface area contributed by atoms with Crippen LogP contribution in [-0.2, 0) is 32.7 Å². The van der Waals surface area contributed by atoms with E-state index in [2.05, 4.69) is 28.2 Å². The van der Waals surface area contributed by atoms with Crippen molar-refractivity contribution in [3.8, 4) is 0 Å². The van der Waals surface area contributed by atoms with Gasteiger partial charge in [0.2, 0.25) is 5.91 Å². The third-order valence-corrected chi connectivity index (χ3v) is 6.10. The Balaban J connectivity index is 4.18. The highest BCUT2D eigenvalue weighted by molar-refractivity contribution is 7.47. The van der Waals surface area contributed by atoms with Crippen LogP contribution in [0.5, 0.6) is 0 Å². The van der Waals surface area contributed by atoms with Crippen molar-refractivity contribution in [3.63, 3.8) is 0 Å². The summed E-state index contributed by atoms with van der Waals surface area (Å²) in [5.41, 5.74) is 0. The molecule has 0 spiro atoms. The fourth-order valence-electron chi connectivity index (χ4n) is 3.08. The largest absolute Gasteiger partial charge is 0.480 e. The molecule has 4 N–H and O–H groups in total. The molecule has 0 rings (SSSR count). The van der Waals surface area contributed by atoms with Crippen LogP contribution in [0, 0.1) is 0 Å². The monoisotopic (exact) mass is 525 g/mol. The van der Waals surface area contributed by atoms with Gasteiger partial charge in [0, 0.05) is 12.8 Å².